The second-order valence-corrected chi connectivity index (χ2v) is 4.56. The van der Waals surface area contributed by atoms with Crippen LogP contribution in [-0.4, -0.2) is 17.8 Å². The van der Waals surface area contributed by atoms with Crippen LogP contribution in [0.25, 0.3) is 0 Å². The lowest BCUT2D eigenvalue weighted by atomic mass is 10.0. The Labute approximate surface area is 105 Å². The van der Waals surface area contributed by atoms with Gasteiger partial charge in [-0.15, -0.1) is 0 Å². The Hall–Kier alpha value is -0.860. The third-order valence-corrected chi connectivity index (χ3v) is 3.22. The molecule has 0 heterocycles. The molecule has 0 bridgehead atoms. The van der Waals surface area contributed by atoms with Crippen molar-refractivity contribution < 1.29 is 5.11 Å². The minimum absolute atomic E-state index is 0.0676. The van der Waals surface area contributed by atoms with Crippen LogP contribution in [0.4, 0.5) is 0 Å². The molecule has 0 amide bonds. The first-order valence-electron chi connectivity index (χ1n) is 6.73. The van der Waals surface area contributed by atoms with Crippen LogP contribution in [0.3, 0.4) is 0 Å². The largest absolute Gasteiger partial charge is 0.394 e. The maximum atomic E-state index is 9.49. The van der Waals surface area contributed by atoms with Crippen LogP contribution in [0.1, 0.15) is 51.1 Å². The van der Waals surface area contributed by atoms with Gasteiger partial charge < -0.3 is 10.4 Å². The van der Waals surface area contributed by atoms with Gasteiger partial charge in [0.05, 0.1) is 12.6 Å². The van der Waals surface area contributed by atoms with Crippen molar-refractivity contribution in [2.45, 2.75) is 51.6 Å². The molecule has 0 radical (unpaired) electrons. The smallest absolute Gasteiger partial charge is 0.0626 e. The third-order valence-electron chi connectivity index (χ3n) is 3.22. The number of unbranched alkanes of at least 4 members (excludes halogenated alkanes) is 1. The van der Waals surface area contributed by atoms with Gasteiger partial charge in [-0.1, -0.05) is 57.0 Å². The van der Waals surface area contributed by atoms with E-state index in [4.69, 9.17) is 0 Å². The average molecular weight is 235 g/mol. The molecule has 96 valence electrons. The van der Waals surface area contributed by atoms with Crippen molar-refractivity contribution in [1.29, 1.82) is 0 Å². The van der Waals surface area contributed by atoms with E-state index >= 15 is 0 Å². The summed E-state index contributed by atoms with van der Waals surface area (Å²) in [5.41, 5.74) is 1.17. The van der Waals surface area contributed by atoms with Crippen molar-refractivity contribution in [2.75, 3.05) is 6.61 Å². The maximum absolute atomic E-state index is 9.49. The number of aliphatic hydroxyl groups is 1. The summed E-state index contributed by atoms with van der Waals surface area (Å²) in [7, 11) is 0. The molecule has 1 aromatic carbocycles. The highest BCUT2D eigenvalue weighted by Crippen LogP contribution is 2.15. The van der Waals surface area contributed by atoms with Crippen LogP contribution in [0.2, 0.25) is 0 Å². The maximum Gasteiger partial charge on any atom is 0.0626 e. The third kappa shape index (κ3) is 4.88. The van der Waals surface area contributed by atoms with E-state index < -0.39 is 0 Å². The lowest BCUT2D eigenvalue weighted by Gasteiger charge is -2.24. The number of hydrogen-bond acceptors (Lipinski definition) is 2. The van der Waals surface area contributed by atoms with Crippen molar-refractivity contribution in [3.63, 3.8) is 0 Å². The summed E-state index contributed by atoms with van der Waals surface area (Å²) in [4.78, 5) is 0. The number of benzene rings is 1. The first-order valence-corrected chi connectivity index (χ1v) is 6.73. The Kier molecular flexibility index (Phi) is 6.90. The fourth-order valence-electron chi connectivity index (χ4n) is 2.08. The summed E-state index contributed by atoms with van der Waals surface area (Å²) < 4.78 is 0. The topological polar surface area (TPSA) is 32.3 Å². The molecule has 0 aliphatic carbocycles. The van der Waals surface area contributed by atoms with Gasteiger partial charge in [0.2, 0.25) is 0 Å². The Morgan fingerprint density at radius 2 is 1.88 bits per heavy atom. The summed E-state index contributed by atoms with van der Waals surface area (Å²) in [5.74, 6) is 0. The summed E-state index contributed by atoms with van der Waals surface area (Å²) in [5, 5.41) is 13.0. The zero-order valence-electron chi connectivity index (χ0n) is 11.0. The van der Waals surface area contributed by atoms with Crippen molar-refractivity contribution in [3.05, 3.63) is 35.9 Å². The van der Waals surface area contributed by atoms with E-state index in [1.807, 2.05) is 18.2 Å². The van der Waals surface area contributed by atoms with Gasteiger partial charge in [-0.3, -0.25) is 0 Å². The summed E-state index contributed by atoms with van der Waals surface area (Å²) in [6, 6.07) is 10.8. The Bertz CT molecular complexity index is 286. The second kappa shape index (κ2) is 8.26. The first kappa shape index (κ1) is 14.2. The highest BCUT2D eigenvalue weighted by molar-refractivity contribution is 5.19. The van der Waals surface area contributed by atoms with Gasteiger partial charge in [0.15, 0.2) is 0 Å². The monoisotopic (exact) mass is 235 g/mol. The van der Waals surface area contributed by atoms with Crippen molar-refractivity contribution in [1.82, 2.24) is 5.32 Å². The van der Waals surface area contributed by atoms with Crippen molar-refractivity contribution in [2.24, 2.45) is 0 Å². The fraction of sp³-hybridized carbons (Fsp3) is 0.600. The van der Waals surface area contributed by atoms with Crippen LogP contribution < -0.4 is 5.32 Å². The normalized spacial score (nSPS) is 14.5. The molecule has 2 atom stereocenters. The molecule has 0 aliphatic rings. The van der Waals surface area contributed by atoms with E-state index in [0.717, 1.165) is 6.42 Å². The van der Waals surface area contributed by atoms with Crippen LogP contribution >= 0.6 is 0 Å². The van der Waals surface area contributed by atoms with Crippen molar-refractivity contribution in [3.8, 4) is 0 Å². The van der Waals surface area contributed by atoms with Crippen LogP contribution in [0.5, 0.6) is 0 Å². The van der Waals surface area contributed by atoms with Crippen LogP contribution in [-0.2, 0) is 0 Å². The number of rotatable bonds is 8. The number of hydrogen-bond donors (Lipinski definition) is 2. The van der Waals surface area contributed by atoms with E-state index in [2.05, 4.69) is 31.3 Å². The lowest BCUT2D eigenvalue weighted by molar-refractivity contribution is 0.228. The summed E-state index contributed by atoms with van der Waals surface area (Å²) in [6.07, 6.45) is 4.78. The predicted molar refractivity (Wildman–Crippen MR) is 73.0 cm³/mol. The number of nitrogens with one attached hydrogen (secondary N) is 1. The van der Waals surface area contributed by atoms with E-state index in [-0.39, 0.29) is 12.6 Å². The van der Waals surface area contributed by atoms with Gasteiger partial charge >= 0.3 is 0 Å². The summed E-state index contributed by atoms with van der Waals surface area (Å²) >= 11 is 0. The van der Waals surface area contributed by atoms with Crippen LogP contribution in [0, 0.1) is 0 Å². The molecule has 2 N–H and O–H groups in total. The minimum atomic E-state index is 0.0676. The molecule has 1 aromatic rings. The van der Waals surface area contributed by atoms with Gasteiger partial charge in [0.25, 0.3) is 0 Å². The minimum Gasteiger partial charge on any atom is -0.394 e. The zero-order chi connectivity index (χ0) is 12.5. The molecule has 0 saturated carbocycles. The van der Waals surface area contributed by atoms with Gasteiger partial charge in [-0.25, -0.2) is 0 Å². The highest BCUT2D eigenvalue weighted by Gasteiger charge is 2.14. The molecular formula is C15H25NO. The molecule has 0 spiro atoms. The quantitative estimate of drug-likeness (QED) is 0.724. The van der Waals surface area contributed by atoms with Gasteiger partial charge in [-0.2, -0.15) is 0 Å². The van der Waals surface area contributed by atoms with E-state index in [0.29, 0.717) is 6.04 Å². The van der Waals surface area contributed by atoms with E-state index in [1.165, 1.54) is 24.8 Å². The highest BCUT2D eigenvalue weighted by atomic mass is 16.3. The Balaban J connectivity index is 2.56. The zero-order valence-corrected chi connectivity index (χ0v) is 11.0. The molecule has 0 aromatic heterocycles. The van der Waals surface area contributed by atoms with E-state index in [9.17, 15) is 5.11 Å². The molecule has 0 fully saturated rings. The molecule has 1 rings (SSSR count). The number of aliphatic hydroxyl groups excluding tert-OH is 1. The summed E-state index contributed by atoms with van der Waals surface area (Å²) in [6.45, 7) is 4.58. The Morgan fingerprint density at radius 3 is 2.41 bits per heavy atom. The fourth-order valence-corrected chi connectivity index (χ4v) is 2.08. The van der Waals surface area contributed by atoms with Gasteiger partial charge in [-0.05, 0) is 18.4 Å². The first-order chi connectivity index (χ1) is 8.31. The molecule has 0 aliphatic heterocycles. The predicted octanol–water partition coefficient (Wildman–Crippen LogP) is 3.28. The lowest BCUT2D eigenvalue weighted by Crippen LogP contribution is -2.34. The molecular weight excluding hydrogens is 210 g/mol. The van der Waals surface area contributed by atoms with Gasteiger partial charge in [0.1, 0.15) is 0 Å². The van der Waals surface area contributed by atoms with Gasteiger partial charge in [0, 0.05) is 6.04 Å². The van der Waals surface area contributed by atoms with Crippen molar-refractivity contribution >= 4 is 0 Å². The van der Waals surface area contributed by atoms with E-state index in [1.54, 1.807) is 0 Å². The second-order valence-electron chi connectivity index (χ2n) is 4.56. The molecule has 2 heteroatoms. The molecule has 2 nitrogen and oxygen atoms in total. The van der Waals surface area contributed by atoms with Crippen LogP contribution in [0.15, 0.2) is 30.3 Å². The standard InChI is InChI=1S/C15H25NO/c1-3-5-11-14(4-2)16-15(12-17)13-9-7-6-8-10-13/h6-10,14-17H,3-5,11-12H2,1-2H3/t14?,15-/m0/s1. The average Bonchev–Trinajstić information content (AvgIpc) is 2.40. The Morgan fingerprint density at radius 1 is 1.18 bits per heavy atom. The SMILES string of the molecule is CCCCC(CC)N[C@@H](CO)c1ccccc1. The molecule has 17 heavy (non-hydrogen) atoms. The molecule has 1 unspecified atom stereocenters. The molecule has 0 saturated heterocycles.